The van der Waals surface area contributed by atoms with Gasteiger partial charge in [0.2, 0.25) is 0 Å². The zero-order valence-corrected chi connectivity index (χ0v) is 9.34. The van der Waals surface area contributed by atoms with E-state index in [1.807, 2.05) is 0 Å². The van der Waals surface area contributed by atoms with E-state index in [0.717, 1.165) is 6.08 Å². The number of rotatable bonds is 1. The van der Waals surface area contributed by atoms with E-state index >= 15 is 0 Å². The van der Waals surface area contributed by atoms with E-state index in [1.165, 1.54) is 18.2 Å². The maximum absolute atomic E-state index is 12.1. The molecule has 0 N–H and O–H groups in total. The summed E-state index contributed by atoms with van der Waals surface area (Å²) in [6.07, 6.45) is -3.84. The van der Waals surface area contributed by atoms with Crippen molar-refractivity contribution >= 4 is 40.9 Å². The van der Waals surface area contributed by atoms with Crippen molar-refractivity contribution < 1.29 is 13.2 Å². The van der Waals surface area contributed by atoms with Crippen molar-refractivity contribution in [3.05, 3.63) is 38.8 Å². The molecule has 0 saturated carbocycles. The Morgan fingerprint density at radius 3 is 2.33 bits per heavy atom. The van der Waals surface area contributed by atoms with Gasteiger partial charge in [0.15, 0.2) is 0 Å². The maximum atomic E-state index is 12.1. The number of benzene rings is 1. The fraction of sp³-hybridized carbons (Fsp3) is 0.111. The van der Waals surface area contributed by atoms with Gasteiger partial charge in [-0.05, 0) is 17.7 Å². The Labute approximate surface area is 99.2 Å². The van der Waals surface area contributed by atoms with Crippen molar-refractivity contribution in [1.82, 2.24) is 0 Å². The summed E-state index contributed by atoms with van der Waals surface area (Å²) in [6, 6.07) is 4.35. The average molecular weight is 275 g/mol. The molecule has 0 saturated heterocycles. The van der Waals surface area contributed by atoms with E-state index in [0.29, 0.717) is 0 Å². The van der Waals surface area contributed by atoms with Crippen LogP contribution in [0.5, 0.6) is 0 Å². The third kappa shape index (κ3) is 3.30. The number of hydrogen-bond donors (Lipinski definition) is 0. The smallest absolute Gasteiger partial charge is 0.165 e. The molecule has 0 aliphatic rings. The van der Waals surface area contributed by atoms with Crippen LogP contribution in [0.1, 0.15) is 5.56 Å². The minimum absolute atomic E-state index is 0.0431. The number of allylic oxidation sites excluding steroid dienone is 1. The zero-order chi connectivity index (χ0) is 11.6. The molecular formula is C9H4Cl3F3. The molecule has 0 radical (unpaired) electrons. The summed E-state index contributed by atoms with van der Waals surface area (Å²) in [4.78, 5) is 0. The second kappa shape index (κ2) is 4.64. The van der Waals surface area contributed by atoms with Crippen molar-refractivity contribution in [1.29, 1.82) is 0 Å². The first-order valence-corrected chi connectivity index (χ1v) is 4.84. The minimum Gasteiger partial charge on any atom is -0.165 e. The standard InChI is InChI=1S/C9H4Cl3F3/c10-6-3-1-2-5(8(6)12)4-7(11)9(13,14)15/h1-4H/b7-4-. The monoisotopic (exact) mass is 274 g/mol. The molecule has 1 aromatic rings. The van der Waals surface area contributed by atoms with Gasteiger partial charge in [-0.2, -0.15) is 13.2 Å². The Morgan fingerprint density at radius 1 is 1.20 bits per heavy atom. The van der Waals surface area contributed by atoms with Crippen LogP contribution in [0.3, 0.4) is 0 Å². The van der Waals surface area contributed by atoms with Crippen LogP contribution in [-0.2, 0) is 0 Å². The van der Waals surface area contributed by atoms with Gasteiger partial charge in [-0.1, -0.05) is 46.9 Å². The van der Waals surface area contributed by atoms with E-state index in [4.69, 9.17) is 34.8 Å². The molecule has 1 rings (SSSR count). The van der Waals surface area contributed by atoms with E-state index in [9.17, 15) is 13.2 Å². The minimum atomic E-state index is -4.58. The highest BCUT2D eigenvalue weighted by molar-refractivity contribution is 6.43. The average Bonchev–Trinajstić information content (AvgIpc) is 2.11. The Hall–Kier alpha value is -0.380. The SMILES string of the molecule is FC(F)(F)/C(Cl)=C/c1cccc(Cl)c1Cl. The second-order valence-corrected chi connectivity index (χ2v) is 3.83. The highest BCUT2D eigenvalue weighted by Crippen LogP contribution is 2.33. The molecule has 0 heterocycles. The van der Waals surface area contributed by atoms with Crippen LogP contribution in [-0.4, -0.2) is 6.18 Å². The fourth-order valence-corrected chi connectivity index (χ4v) is 1.33. The van der Waals surface area contributed by atoms with Gasteiger partial charge >= 0.3 is 6.18 Å². The topological polar surface area (TPSA) is 0 Å². The summed E-state index contributed by atoms with van der Waals surface area (Å²) >= 11 is 16.4. The van der Waals surface area contributed by atoms with Gasteiger partial charge in [-0.25, -0.2) is 0 Å². The van der Waals surface area contributed by atoms with Crippen LogP contribution in [0.2, 0.25) is 10.0 Å². The molecule has 0 nitrogen and oxygen atoms in total. The molecule has 0 aliphatic heterocycles. The molecule has 0 fully saturated rings. The lowest BCUT2D eigenvalue weighted by molar-refractivity contribution is -0.0836. The van der Waals surface area contributed by atoms with Crippen molar-refractivity contribution in [2.45, 2.75) is 6.18 Å². The van der Waals surface area contributed by atoms with E-state index in [1.54, 1.807) is 0 Å². The highest BCUT2D eigenvalue weighted by Gasteiger charge is 2.32. The Bertz CT molecular complexity index is 396. The van der Waals surface area contributed by atoms with Crippen LogP contribution in [0.25, 0.3) is 6.08 Å². The molecule has 0 aliphatic carbocycles. The number of alkyl halides is 3. The molecule has 0 aromatic heterocycles. The van der Waals surface area contributed by atoms with E-state index in [-0.39, 0.29) is 15.6 Å². The Balaban J connectivity index is 3.15. The molecule has 0 atom stereocenters. The van der Waals surface area contributed by atoms with Crippen LogP contribution in [0.4, 0.5) is 13.2 Å². The van der Waals surface area contributed by atoms with Crippen LogP contribution < -0.4 is 0 Å². The van der Waals surface area contributed by atoms with Gasteiger partial charge < -0.3 is 0 Å². The molecule has 0 amide bonds. The Morgan fingerprint density at radius 2 is 1.80 bits per heavy atom. The summed E-state index contributed by atoms with van der Waals surface area (Å²) < 4.78 is 36.3. The first kappa shape index (κ1) is 12.7. The number of halogens is 6. The van der Waals surface area contributed by atoms with Crippen molar-refractivity contribution in [2.24, 2.45) is 0 Å². The third-order valence-corrected chi connectivity index (χ3v) is 2.69. The van der Waals surface area contributed by atoms with Gasteiger partial charge in [-0.3, -0.25) is 0 Å². The zero-order valence-electron chi connectivity index (χ0n) is 7.08. The first-order valence-electron chi connectivity index (χ1n) is 3.71. The van der Waals surface area contributed by atoms with Crippen molar-refractivity contribution in [3.63, 3.8) is 0 Å². The van der Waals surface area contributed by atoms with Crippen LogP contribution in [0, 0.1) is 0 Å². The second-order valence-electron chi connectivity index (χ2n) is 2.63. The lowest BCUT2D eigenvalue weighted by atomic mass is 10.2. The van der Waals surface area contributed by atoms with Gasteiger partial charge in [0.05, 0.1) is 10.0 Å². The molecule has 15 heavy (non-hydrogen) atoms. The first-order chi connectivity index (χ1) is 6.82. The summed E-state index contributed by atoms with van der Waals surface area (Å²) in [5, 5.41) is -1.02. The molecule has 0 spiro atoms. The maximum Gasteiger partial charge on any atom is 0.426 e. The molecular weight excluding hydrogens is 271 g/mol. The predicted octanol–water partition coefficient (Wildman–Crippen LogP) is 5.14. The molecule has 6 heteroatoms. The largest absolute Gasteiger partial charge is 0.426 e. The highest BCUT2D eigenvalue weighted by atomic mass is 35.5. The lowest BCUT2D eigenvalue weighted by Crippen LogP contribution is -2.06. The fourth-order valence-electron chi connectivity index (χ4n) is 0.850. The quantitative estimate of drug-likeness (QED) is 0.666. The third-order valence-electron chi connectivity index (χ3n) is 1.53. The van der Waals surface area contributed by atoms with Gasteiger partial charge in [0, 0.05) is 0 Å². The predicted molar refractivity (Wildman–Crippen MR) is 56.3 cm³/mol. The van der Waals surface area contributed by atoms with E-state index in [2.05, 4.69) is 0 Å². The van der Waals surface area contributed by atoms with Gasteiger partial charge in [0.1, 0.15) is 5.03 Å². The molecule has 1 aromatic carbocycles. The number of hydrogen-bond acceptors (Lipinski definition) is 0. The molecule has 82 valence electrons. The van der Waals surface area contributed by atoms with E-state index < -0.39 is 11.2 Å². The summed E-state index contributed by atoms with van der Waals surface area (Å²) in [6.45, 7) is 0. The Kier molecular flexibility index (Phi) is 3.93. The summed E-state index contributed by atoms with van der Waals surface area (Å²) in [7, 11) is 0. The normalized spacial score (nSPS) is 13.1. The van der Waals surface area contributed by atoms with Crippen molar-refractivity contribution in [3.8, 4) is 0 Å². The van der Waals surface area contributed by atoms with Crippen LogP contribution >= 0.6 is 34.8 Å². The summed E-state index contributed by atoms with van der Waals surface area (Å²) in [5.41, 5.74) is 0.131. The van der Waals surface area contributed by atoms with Gasteiger partial charge in [0.25, 0.3) is 0 Å². The van der Waals surface area contributed by atoms with Gasteiger partial charge in [-0.15, -0.1) is 0 Å². The lowest BCUT2D eigenvalue weighted by Gasteiger charge is -2.05. The molecule has 0 unspecified atom stereocenters. The summed E-state index contributed by atoms with van der Waals surface area (Å²) in [5.74, 6) is 0. The van der Waals surface area contributed by atoms with Crippen LogP contribution in [0.15, 0.2) is 23.2 Å². The van der Waals surface area contributed by atoms with Crippen molar-refractivity contribution in [2.75, 3.05) is 0 Å². The molecule has 0 bridgehead atoms.